The molecule has 0 radical (unpaired) electrons. The van der Waals surface area contributed by atoms with E-state index in [0.29, 0.717) is 19.0 Å². The summed E-state index contributed by atoms with van der Waals surface area (Å²) in [4.78, 5) is 2.05. The van der Waals surface area contributed by atoms with Crippen LogP contribution in [0.15, 0.2) is 11.9 Å². The Morgan fingerprint density at radius 1 is 1.60 bits per heavy atom. The molecular weight excluding hydrogens is 191 g/mol. The number of hydrogen-bond donors (Lipinski definition) is 0. The summed E-state index contributed by atoms with van der Waals surface area (Å²) in [6, 6.07) is 2.43. The first-order valence-electron chi connectivity index (χ1n) is 5.60. The molecule has 0 aromatic carbocycles. The van der Waals surface area contributed by atoms with E-state index in [1.807, 2.05) is 27.7 Å². The second-order valence-corrected chi connectivity index (χ2v) is 3.76. The standard InChI is InChI=1S/C10H15FN2.C2H6/c1-8(2)13-6-9(3-4-12)5-10(11)7-13;1-2/h5,8-9H,3,6-7H2,1-2H3;1-2H3. The van der Waals surface area contributed by atoms with Gasteiger partial charge < -0.3 is 0 Å². The molecule has 0 amide bonds. The fourth-order valence-corrected chi connectivity index (χ4v) is 1.56. The third-order valence-electron chi connectivity index (χ3n) is 2.32. The first-order chi connectivity index (χ1) is 7.13. The van der Waals surface area contributed by atoms with Crippen molar-refractivity contribution in [1.29, 1.82) is 5.26 Å². The second-order valence-electron chi connectivity index (χ2n) is 3.76. The van der Waals surface area contributed by atoms with Crippen molar-refractivity contribution in [2.45, 2.75) is 40.2 Å². The van der Waals surface area contributed by atoms with E-state index in [0.717, 1.165) is 6.54 Å². The Hall–Kier alpha value is -0.880. The molecule has 1 aliphatic rings. The van der Waals surface area contributed by atoms with Gasteiger partial charge in [0.05, 0.1) is 12.6 Å². The molecule has 1 rings (SSSR count). The van der Waals surface area contributed by atoms with Crippen molar-refractivity contribution in [2.75, 3.05) is 13.1 Å². The van der Waals surface area contributed by atoms with Gasteiger partial charge in [0, 0.05) is 24.9 Å². The summed E-state index contributed by atoms with van der Waals surface area (Å²) < 4.78 is 13.1. The van der Waals surface area contributed by atoms with Crippen molar-refractivity contribution >= 4 is 0 Å². The van der Waals surface area contributed by atoms with Gasteiger partial charge in [-0.3, -0.25) is 4.90 Å². The molecule has 2 nitrogen and oxygen atoms in total. The van der Waals surface area contributed by atoms with Crippen LogP contribution in [0.2, 0.25) is 0 Å². The monoisotopic (exact) mass is 212 g/mol. The molecule has 86 valence electrons. The quantitative estimate of drug-likeness (QED) is 0.703. The van der Waals surface area contributed by atoms with E-state index in [9.17, 15) is 4.39 Å². The predicted octanol–water partition coefficient (Wildman–Crippen LogP) is 3.12. The van der Waals surface area contributed by atoms with Crippen molar-refractivity contribution in [1.82, 2.24) is 4.90 Å². The van der Waals surface area contributed by atoms with Gasteiger partial charge in [-0.15, -0.1) is 0 Å². The Morgan fingerprint density at radius 2 is 2.20 bits per heavy atom. The Balaban J connectivity index is 0.000000921. The number of hydrogen-bond acceptors (Lipinski definition) is 2. The zero-order chi connectivity index (χ0) is 11.8. The molecule has 0 saturated heterocycles. The summed E-state index contributed by atoms with van der Waals surface area (Å²) in [5.74, 6) is -0.0265. The average molecular weight is 212 g/mol. The molecule has 0 fully saturated rings. The first-order valence-corrected chi connectivity index (χ1v) is 5.60. The van der Waals surface area contributed by atoms with Crippen LogP contribution in [0.3, 0.4) is 0 Å². The number of halogens is 1. The Labute approximate surface area is 92.4 Å². The number of rotatable bonds is 2. The maximum atomic E-state index is 13.1. The minimum absolute atomic E-state index is 0.0705. The van der Waals surface area contributed by atoms with Gasteiger partial charge in [-0.25, -0.2) is 4.39 Å². The summed E-state index contributed by atoms with van der Waals surface area (Å²) in [7, 11) is 0. The van der Waals surface area contributed by atoms with Gasteiger partial charge >= 0.3 is 0 Å². The zero-order valence-corrected chi connectivity index (χ0v) is 10.1. The molecule has 0 bridgehead atoms. The summed E-state index contributed by atoms with van der Waals surface area (Å²) >= 11 is 0. The van der Waals surface area contributed by atoms with Gasteiger partial charge in [-0.05, 0) is 19.9 Å². The first kappa shape index (κ1) is 14.1. The lowest BCUT2D eigenvalue weighted by Gasteiger charge is -2.31. The molecule has 1 heterocycles. The van der Waals surface area contributed by atoms with Gasteiger partial charge in [-0.2, -0.15) is 5.26 Å². The molecule has 0 N–H and O–H groups in total. The maximum absolute atomic E-state index is 13.1. The minimum atomic E-state index is -0.0970. The van der Waals surface area contributed by atoms with Crippen LogP contribution in [-0.4, -0.2) is 24.0 Å². The van der Waals surface area contributed by atoms with Gasteiger partial charge in [0.15, 0.2) is 0 Å². The highest BCUT2D eigenvalue weighted by Crippen LogP contribution is 2.20. The summed E-state index contributed by atoms with van der Waals surface area (Å²) in [5.41, 5.74) is 0. The lowest BCUT2D eigenvalue weighted by molar-refractivity contribution is 0.189. The Kier molecular flexibility index (Phi) is 6.98. The average Bonchev–Trinajstić information content (AvgIpc) is 2.20. The highest BCUT2D eigenvalue weighted by Gasteiger charge is 2.21. The van der Waals surface area contributed by atoms with Crippen LogP contribution < -0.4 is 0 Å². The summed E-state index contributed by atoms with van der Waals surface area (Å²) in [6.45, 7) is 9.29. The van der Waals surface area contributed by atoms with Crippen molar-refractivity contribution in [3.63, 3.8) is 0 Å². The van der Waals surface area contributed by atoms with Crippen LogP contribution in [0.5, 0.6) is 0 Å². The molecule has 1 aliphatic heterocycles. The van der Waals surface area contributed by atoms with E-state index in [1.54, 1.807) is 6.08 Å². The van der Waals surface area contributed by atoms with Crippen molar-refractivity contribution < 1.29 is 4.39 Å². The SMILES string of the molecule is CC.CC(C)N1CC(F)=CC(CC#N)C1. The van der Waals surface area contributed by atoms with E-state index in [2.05, 4.69) is 11.0 Å². The van der Waals surface area contributed by atoms with Crippen molar-refractivity contribution in [2.24, 2.45) is 5.92 Å². The van der Waals surface area contributed by atoms with Crippen molar-refractivity contribution in [3.8, 4) is 6.07 Å². The normalized spacial score (nSPS) is 21.4. The molecule has 15 heavy (non-hydrogen) atoms. The van der Waals surface area contributed by atoms with Gasteiger partial charge in [-0.1, -0.05) is 13.8 Å². The Bertz CT molecular complexity index is 240. The van der Waals surface area contributed by atoms with Crippen LogP contribution in [0.4, 0.5) is 4.39 Å². The van der Waals surface area contributed by atoms with Crippen molar-refractivity contribution in [3.05, 3.63) is 11.9 Å². The lowest BCUT2D eigenvalue weighted by atomic mass is 10.0. The highest BCUT2D eigenvalue weighted by molar-refractivity contribution is 5.06. The largest absolute Gasteiger partial charge is 0.294 e. The molecule has 1 unspecified atom stereocenters. The van der Waals surface area contributed by atoms with Crippen LogP contribution in [0, 0.1) is 17.2 Å². The molecular formula is C12H21FN2. The van der Waals surface area contributed by atoms with Crippen LogP contribution >= 0.6 is 0 Å². The predicted molar refractivity (Wildman–Crippen MR) is 61.0 cm³/mol. The third kappa shape index (κ3) is 4.94. The zero-order valence-electron chi connectivity index (χ0n) is 10.1. The Morgan fingerprint density at radius 3 is 2.67 bits per heavy atom. The highest BCUT2D eigenvalue weighted by atomic mass is 19.1. The van der Waals surface area contributed by atoms with E-state index < -0.39 is 0 Å². The molecule has 0 spiro atoms. The van der Waals surface area contributed by atoms with Gasteiger partial charge in [0.25, 0.3) is 0 Å². The van der Waals surface area contributed by atoms with Gasteiger partial charge in [0.2, 0.25) is 0 Å². The lowest BCUT2D eigenvalue weighted by Crippen LogP contribution is -2.38. The molecule has 3 heteroatoms. The molecule has 1 atom stereocenters. The number of nitriles is 1. The van der Waals surface area contributed by atoms with E-state index in [-0.39, 0.29) is 11.7 Å². The van der Waals surface area contributed by atoms with E-state index in [1.165, 1.54) is 0 Å². The second kappa shape index (κ2) is 7.42. The van der Waals surface area contributed by atoms with E-state index >= 15 is 0 Å². The molecule has 0 aromatic heterocycles. The molecule has 0 aliphatic carbocycles. The van der Waals surface area contributed by atoms with Crippen LogP contribution in [0.1, 0.15) is 34.1 Å². The van der Waals surface area contributed by atoms with E-state index in [4.69, 9.17) is 5.26 Å². The fraction of sp³-hybridized carbons (Fsp3) is 0.750. The third-order valence-corrected chi connectivity index (χ3v) is 2.32. The smallest absolute Gasteiger partial charge is 0.110 e. The topological polar surface area (TPSA) is 27.0 Å². The minimum Gasteiger partial charge on any atom is -0.294 e. The maximum Gasteiger partial charge on any atom is 0.110 e. The summed E-state index contributed by atoms with van der Waals surface area (Å²) in [6.07, 6.45) is 2.00. The molecule has 0 saturated carbocycles. The molecule has 0 aromatic rings. The van der Waals surface area contributed by atoms with Gasteiger partial charge in [0.1, 0.15) is 5.83 Å². The van der Waals surface area contributed by atoms with Crippen LogP contribution in [-0.2, 0) is 0 Å². The van der Waals surface area contributed by atoms with Crippen LogP contribution in [0.25, 0.3) is 0 Å². The number of nitrogens with zero attached hydrogens (tertiary/aromatic N) is 2. The summed E-state index contributed by atoms with van der Waals surface area (Å²) in [5, 5.41) is 8.51. The fourth-order valence-electron chi connectivity index (χ4n) is 1.56.